The number of aryl methyl sites for hydroxylation is 1. The molecule has 0 spiro atoms. The highest BCUT2D eigenvalue weighted by Crippen LogP contribution is 2.28. The molecule has 2 rings (SSSR count). The number of nitrogens with zero attached hydrogens (tertiary/aromatic N) is 1. The van der Waals surface area contributed by atoms with Crippen molar-refractivity contribution in [3.05, 3.63) is 62.5 Å². The first-order valence-corrected chi connectivity index (χ1v) is 7.68. The Kier molecular flexibility index (Phi) is 5.59. The summed E-state index contributed by atoms with van der Waals surface area (Å²) in [5.41, 5.74) is 7.79. The second-order valence-corrected chi connectivity index (χ2v) is 5.75. The molecule has 0 atom stereocenters. The van der Waals surface area contributed by atoms with Crippen LogP contribution in [0.1, 0.15) is 11.1 Å². The van der Waals surface area contributed by atoms with E-state index in [0.717, 1.165) is 27.8 Å². The predicted octanol–water partition coefficient (Wildman–Crippen LogP) is 2.50. The van der Waals surface area contributed by atoms with Crippen molar-refractivity contribution in [3.63, 3.8) is 0 Å². The summed E-state index contributed by atoms with van der Waals surface area (Å²) in [7, 11) is 0. The second kappa shape index (κ2) is 7.43. The lowest BCUT2D eigenvalue weighted by atomic mass is 10.1. The number of benzene rings is 1. The molecule has 1 heterocycles. The molecule has 0 unspecified atom stereocenters. The highest BCUT2D eigenvalue weighted by molar-refractivity contribution is 9.10. The van der Waals surface area contributed by atoms with Crippen molar-refractivity contribution in [2.75, 3.05) is 13.2 Å². The molecule has 0 amide bonds. The SMILES string of the molecule is Cc1cc(Br)cc(CCN)c1OCCn1ccccc1=O. The zero-order valence-corrected chi connectivity index (χ0v) is 13.6. The lowest BCUT2D eigenvalue weighted by molar-refractivity contribution is 0.291. The van der Waals surface area contributed by atoms with Gasteiger partial charge in [-0.05, 0) is 49.2 Å². The Hall–Kier alpha value is -1.59. The van der Waals surface area contributed by atoms with Crippen molar-refractivity contribution in [3.8, 4) is 5.75 Å². The van der Waals surface area contributed by atoms with Crippen molar-refractivity contribution in [2.24, 2.45) is 5.73 Å². The normalized spacial score (nSPS) is 10.6. The summed E-state index contributed by atoms with van der Waals surface area (Å²) >= 11 is 3.49. The van der Waals surface area contributed by atoms with E-state index in [4.69, 9.17) is 10.5 Å². The van der Waals surface area contributed by atoms with Gasteiger partial charge in [-0.2, -0.15) is 0 Å². The van der Waals surface area contributed by atoms with Gasteiger partial charge in [0, 0.05) is 16.7 Å². The molecule has 0 radical (unpaired) electrons. The van der Waals surface area contributed by atoms with Crippen LogP contribution in [0.25, 0.3) is 0 Å². The molecule has 0 aliphatic heterocycles. The predicted molar refractivity (Wildman–Crippen MR) is 87.8 cm³/mol. The molecule has 112 valence electrons. The molecule has 0 saturated heterocycles. The van der Waals surface area contributed by atoms with E-state index in [1.165, 1.54) is 0 Å². The molecule has 4 nitrogen and oxygen atoms in total. The third kappa shape index (κ3) is 4.19. The Labute approximate surface area is 132 Å². The smallest absolute Gasteiger partial charge is 0.250 e. The summed E-state index contributed by atoms with van der Waals surface area (Å²) in [6.45, 7) is 3.56. The molecule has 2 aromatic rings. The molecule has 1 aromatic carbocycles. The van der Waals surface area contributed by atoms with Gasteiger partial charge in [0.05, 0.1) is 6.54 Å². The summed E-state index contributed by atoms with van der Waals surface area (Å²) in [6.07, 6.45) is 2.53. The van der Waals surface area contributed by atoms with Gasteiger partial charge >= 0.3 is 0 Å². The van der Waals surface area contributed by atoms with Crippen molar-refractivity contribution in [1.82, 2.24) is 4.57 Å². The Bertz CT molecular complexity index is 668. The van der Waals surface area contributed by atoms with Gasteiger partial charge in [-0.1, -0.05) is 22.0 Å². The Balaban J connectivity index is 2.09. The van der Waals surface area contributed by atoms with Gasteiger partial charge in [0.2, 0.25) is 0 Å². The molecular weight excluding hydrogens is 332 g/mol. The number of pyridine rings is 1. The fraction of sp³-hybridized carbons (Fsp3) is 0.312. The average molecular weight is 351 g/mol. The molecule has 21 heavy (non-hydrogen) atoms. The third-order valence-electron chi connectivity index (χ3n) is 3.21. The molecule has 0 aliphatic carbocycles. The fourth-order valence-electron chi connectivity index (χ4n) is 2.24. The zero-order chi connectivity index (χ0) is 15.2. The first-order valence-electron chi connectivity index (χ1n) is 6.89. The van der Waals surface area contributed by atoms with E-state index in [2.05, 4.69) is 15.9 Å². The van der Waals surface area contributed by atoms with E-state index < -0.39 is 0 Å². The van der Waals surface area contributed by atoms with E-state index >= 15 is 0 Å². The van der Waals surface area contributed by atoms with E-state index in [1.807, 2.05) is 25.1 Å². The summed E-state index contributed by atoms with van der Waals surface area (Å²) in [5.74, 6) is 0.868. The molecule has 2 N–H and O–H groups in total. The minimum absolute atomic E-state index is 0.0178. The van der Waals surface area contributed by atoms with Crippen LogP contribution in [0.4, 0.5) is 0 Å². The summed E-state index contributed by atoms with van der Waals surface area (Å²) in [6, 6.07) is 9.17. The maximum absolute atomic E-state index is 11.6. The number of halogens is 1. The monoisotopic (exact) mass is 350 g/mol. The minimum atomic E-state index is -0.0178. The van der Waals surface area contributed by atoms with E-state index in [-0.39, 0.29) is 5.56 Å². The van der Waals surface area contributed by atoms with Gasteiger partial charge in [0.15, 0.2) is 0 Å². The Morgan fingerprint density at radius 3 is 2.86 bits per heavy atom. The van der Waals surface area contributed by atoms with Crippen molar-refractivity contribution < 1.29 is 4.74 Å². The number of hydrogen-bond donors (Lipinski definition) is 1. The largest absolute Gasteiger partial charge is 0.491 e. The highest BCUT2D eigenvalue weighted by Gasteiger charge is 2.09. The highest BCUT2D eigenvalue weighted by atomic mass is 79.9. The number of rotatable bonds is 6. The summed E-state index contributed by atoms with van der Waals surface area (Å²) in [5, 5.41) is 0. The first-order chi connectivity index (χ1) is 10.1. The van der Waals surface area contributed by atoms with Crippen LogP contribution < -0.4 is 16.0 Å². The number of ether oxygens (including phenoxy) is 1. The standard InChI is InChI=1S/C16H19BrN2O2/c1-12-10-14(17)11-13(5-6-18)16(12)21-9-8-19-7-3-2-4-15(19)20/h2-4,7,10-11H,5-6,8-9,18H2,1H3. The van der Waals surface area contributed by atoms with Crippen LogP contribution in [0.15, 0.2) is 45.8 Å². The summed E-state index contributed by atoms with van der Waals surface area (Å²) in [4.78, 5) is 11.6. The number of nitrogens with two attached hydrogens (primary N) is 1. The van der Waals surface area contributed by atoms with E-state index in [1.54, 1.807) is 22.9 Å². The molecule has 5 heteroatoms. The Morgan fingerprint density at radius 1 is 1.33 bits per heavy atom. The lowest BCUT2D eigenvalue weighted by Gasteiger charge is -2.15. The first kappa shape index (κ1) is 15.8. The van der Waals surface area contributed by atoms with Crippen LogP contribution in [-0.2, 0) is 13.0 Å². The van der Waals surface area contributed by atoms with Crippen molar-refractivity contribution in [1.29, 1.82) is 0 Å². The van der Waals surface area contributed by atoms with Gasteiger partial charge in [0.25, 0.3) is 5.56 Å². The second-order valence-electron chi connectivity index (χ2n) is 4.83. The van der Waals surface area contributed by atoms with Crippen LogP contribution in [0, 0.1) is 6.92 Å². The van der Waals surface area contributed by atoms with Gasteiger partial charge in [-0.25, -0.2) is 0 Å². The van der Waals surface area contributed by atoms with Crippen LogP contribution >= 0.6 is 15.9 Å². The number of hydrogen-bond acceptors (Lipinski definition) is 3. The molecule has 0 bridgehead atoms. The van der Waals surface area contributed by atoms with E-state index in [9.17, 15) is 4.79 Å². The quantitative estimate of drug-likeness (QED) is 0.870. The average Bonchev–Trinajstić information content (AvgIpc) is 2.44. The van der Waals surface area contributed by atoms with Crippen LogP contribution in [0.3, 0.4) is 0 Å². The maximum atomic E-state index is 11.6. The van der Waals surface area contributed by atoms with Crippen LogP contribution in [0.5, 0.6) is 5.75 Å². The van der Waals surface area contributed by atoms with Gasteiger partial charge in [-0.3, -0.25) is 4.79 Å². The fourth-order valence-corrected chi connectivity index (χ4v) is 2.86. The minimum Gasteiger partial charge on any atom is -0.491 e. The van der Waals surface area contributed by atoms with E-state index in [0.29, 0.717) is 19.7 Å². The molecule has 1 aromatic heterocycles. The molecule has 0 saturated carbocycles. The topological polar surface area (TPSA) is 57.2 Å². The van der Waals surface area contributed by atoms with Gasteiger partial charge < -0.3 is 15.0 Å². The van der Waals surface area contributed by atoms with Gasteiger partial charge in [0.1, 0.15) is 12.4 Å². The van der Waals surface area contributed by atoms with Gasteiger partial charge in [-0.15, -0.1) is 0 Å². The summed E-state index contributed by atoms with van der Waals surface area (Å²) < 4.78 is 8.56. The van der Waals surface area contributed by atoms with Crippen molar-refractivity contribution >= 4 is 15.9 Å². The Morgan fingerprint density at radius 2 is 2.14 bits per heavy atom. The van der Waals surface area contributed by atoms with Crippen molar-refractivity contribution in [2.45, 2.75) is 19.9 Å². The molecule has 0 fully saturated rings. The maximum Gasteiger partial charge on any atom is 0.250 e. The lowest BCUT2D eigenvalue weighted by Crippen LogP contribution is -2.21. The number of aromatic nitrogens is 1. The molecular formula is C16H19BrN2O2. The zero-order valence-electron chi connectivity index (χ0n) is 12.0. The van der Waals surface area contributed by atoms with Crippen LogP contribution in [-0.4, -0.2) is 17.7 Å². The van der Waals surface area contributed by atoms with Crippen LogP contribution in [0.2, 0.25) is 0 Å². The molecule has 0 aliphatic rings. The third-order valence-corrected chi connectivity index (χ3v) is 3.67.